The Balaban J connectivity index is 3.16. The quantitative estimate of drug-likeness (QED) is 0.731. The van der Waals surface area contributed by atoms with E-state index in [4.69, 9.17) is 0 Å². The van der Waals surface area contributed by atoms with Gasteiger partial charge in [-0.05, 0) is 29.8 Å². The number of hydrogen-bond acceptors (Lipinski definition) is 3. The summed E-state index contributed by atoms with van der Waals surface area (Å²) < 4.78 is 4.79. The lowest BCUT2D eigenvalue weighted by Gasteiger charge is -2.11. The normalized spacial score (nSPS) is 11.6. The Morgan fingerprint density at radius 1 is 1.18 bits per heavy atom. The van der Waals surface area contributed by atoms with E-state index in [1.165, 1.54) is 11.6 Å². The van der Waals surface area contributed by atoms with Gasteiger partial charge in [0.15, 0.2) is 15.9 Å². The molecule has 0 bridgehead atoms. The fourth-order valence-electron chi connectivity index (χ4n) is 1.83. The molecule has 0 fully saturated rings. The molecule has 0 N–H and O–H groups in total. The molecule has 0 aliphatic rings. The van der Waals surface area contributed by atoms with Gasteiger partial charge in [-0.2, -0.15) is 0 Å². The van der Waals surface area contributed by atoms with Gasteiger partial charge in [0.2, 0.25) is 0 Å². The lowest BCUT2D eigenvalue weighted by Crippen LogP contribution is -2.39. The van der Waals surface area contributed by atoms with E-state index >= 15 is 0 Å². The Morgan fingerprint density at radius 2 is 1.76 bits per heavy atom. The Bertz CT molecular complexity index is 708. The van der Waals surface area contributed by atoms with E-state index in [2.05, 4.69) is 20.9 Å². The summed E-state index contributed by atoms with van der Waals surface area (Å²) in [5.74, 6) is 0. The standard InChI is InChI=1S/C10H13BrN4O2/c1-5(2)15-7-6(13(3)9(11)12-7)8(16)14(4)10(15)17/h5H,1-4H3. The van der Waals surface area contributed by atoms with Crippen LogP contribution in [0.2, 0.25) is 0 Å². The molecule has 0 radical (unpaired) electrons. The smallest absolute Gasteiger partial charge is 0.316 e. The van der Waals surface area contributed by atoms with Crippen molar-refractivity contribution >= 4 is 27.1 Å². The first kappa shape index (κ1) is 12.1. The van der Waals surface area contributed by atoms with Crippen LogP contribution in [-0.2, 0) is 14.1 Å². The molecule has 2 heterocycles. The number of aryl methyl sites for hydroxylation is 1. The summed E-state index contributed by atoms with van der Waals surface area (Å²) in [6, 6.07) is -0.0569. The first-order chi connectivity index (χ1) is 7.86. The van der Waals surface area contributed by atoms with Gasteiger partial charge in [-0.15, -0.1) is 0 Å². The van der Waals surface area contributed by atoms with Crippen LogP contribution < -0.4 is 11.2 Å². The molecule has 2 aromatic heterocycles. The van der Waals surface area contributed by atoms with Crippen LogP contribution in [0.25, 0.3) is 11.2 Å². The molecule has 0 atom stereocenters. The summed E-state index contributed by atoms with van der Waals surface area (Å²) in [6.45, 7) is 3.77. The van der Waals surface area contributed by atoms with Gasteiger partial charge in [0.1, 0.15) is 0 Å². The number of rotatable bonds is 1. The molecule has 17 heavy (non-hydrogen) atoms. The predicted octanol–water partition coefficient (Wildman–Crippen LogP) is 0.777. The van der Waals surface area contributed by atoms with Crippen LogP contribution in [0, 0.1) is 0 Å². The van der Waals surface area contributed by atoms with Crippen LogP contribution in [0.5, 0.6) is 0 Å². The third kappa shape index (κ3) is 1.56. The van der Waals surface area contributed by atoms with Gasteiger partial charge in [0.05, 0.1) is 0 Å². The average molecular weight is 301 g/mol. The summed E-state index contributed by atoms with van der Waals surface area (Å²) in [4.78, 5) is 28.3. The largest absolute Gasteiger partial charge is 0.332 e. The average Bonchev–Trinajstić information content (AvgIpc) is 2.52. The van der Waals surface area contributed by atoms with E-state index in [-0.39, 0.29) is 17.3 Å². The first-order valence-electron chi connectivity index (χ1n) is 5.19. The Kier molecular flexibility index (Phi) is 2.73. The third-order valence-electron chi connectivity index (χ3n) is 2.77. The van der Waals surface area contributed by atoms with E-state index in [1.54, 1.807) is 11.6 Å². The van der Waals surface area contributed by atoms with Gasteiger partial charge in [-0.3, -0.25) is 13.9 Å². The second-order valence-electron chi connectivity index (χ2n) is 4.22. The van der Waals surface area contributed by atoms with Gasteiger partial charge >= 0.3 is 5.69 Å². The third-order valence-corrected chi connectivity index (χ3v) is 3.48. The molecule has 7 heteroatoms. The number of halogens is 1. The van der Waals surface area contributed by atoms with Crippen molar-refractivity contribution in [1.82, 2.24) is 18.7 Å². The molecule has 0 aliphatic carbocycles. The number of hydrogen-bond donors (Lipinski definition) is 0. The van der Waals surface area contributed by atoms with Gasteiger partial charge in [-0.25, -0.2) is 9.78 Å². The lowest BCUT2D eigenvalue weighted by molar-refractivity contribution is 0.551. The minimum absolute atomic E-state index is 0.0569. The number of nitrogens with zero attached hydrogens (tertiary/aromatic N) is 4. The molecular weight excluding hydrogens is 288 g/mol. The van der Waals surface area contributed by atoms with Crippen molar-refractivity contribution in [3.05, 3.63) is 25.6 Å². The minimum Gasteiger partial charge on any atom is -0.316 e. The number of fused-ring (bicyclic) bond motifs is 1. The summed E-state index contributed by atoms with van der Waals surface area (Å²) in [5.41, 5.74) is 0.167. The SMILES string of the molecule is CC(C)n1c(=O)n(C)c(=O)c2c1nc(Br)n2C. The molecule has 0 saturated carbocycles. The highest BCUT2D eigenvalue weighted by atomic mass is 79.9. The zero-order chi connectivity index (χ0) is 12.9. The monoisotopic (exact) mass is 300 g/mol. The molecular formula is C10H13BrN4O2. The molecule has 0 aliphatic heterocycles. The molecule has 2 rings (SSSR count). The zero-order valence-corrected chi connectivity index (χ0v) is 11.6. The first-order valence-corrected chi connectivity index (χ1v) is 5.99. The lowest BCUT2D eigenvalue weighted by atomic mass is 10.3. The number of aromatic nitrogens is 4. The molecule has 0 saturated heterocycles. The van der Waals surface area contributed by atoms with Crippen LogP contribution >= 0.6 is 15.9 Å². The van der Waals surface area contributed by atoms with Gasteiger partial charge in [-0.1, -0.05) is 0 Å². The molecule has 0 amide bonds. The highest BCUT2D eigenvalue weighted by Crippen LogP contribution is 2.16. The van der Waals surface area contributed by atoms with Crippen LogP contribution in [-0.4, -0.2) is 18.7 Å². The predicted molar refractivity (Wildman–Crippen MR) is 68.3 cm³/mol. The Hall–Kier alpha value is -1.37. The second-order valence-corrected chi connectivity index (χ2v) is 4.93. The second kappa shape index (κ2) is 3.83. The number of imidazole rings is 1. The van der Waals surface area contributed by atoms with Gasteiger partial charge in [0, 0.05) is 20.1 Å². The Morgan fingerprint density at radius 3 is 2.29 bits per heavy atom. The molecule has 0 unspecified atom stereocenters. The summed E-state index contributed by atoms with van der Waals surface area (Å²) in [7, 11) is 3.21. The van der Waals surface area contributed by atoms with Gasteiger partial charge in [0.25, 0.3) is 5.56 Å². The summed E-state index contributed by atoms with van der Waals surface area (Å²) >= 11 is 3.26. The summed E-state index contributed by atoms with van der Waals surface area (Å²) in [6.07, 6.45) is 0. The van der Waals surface area contributed by atoms with Crippen LogP contribution in [0.1, 0.15) is 19.9 Å². The van der Waals surface area contributed by atoms with Crippen LogP contribution in [0.15, 0.2) is 14.3 Å². The van der Waals surface area contributed by atoms with Gasteiger partial charge < -0.3 is 4.57 Å². The van der Waals surface area contributed by atoms with E-state index in [0.29, 0.717) is 15.9 Å². The van der Waals surface area contributed by atoms with Crippen LogP contribution in [0.4, 0.5) is 0 Å². The molecule has 0 spiro atoms. The van der Waals surface area contributed by atoms with Crippen molar-refractivity contribution in [3.63, 3.8) is 0 Å². The van der Waals surface area contributed by atoms with Crippen molar-refractivity contribution in [2.75, 3.05) is 0 Å². The van der Waals surface area contributed by atoms with E-state index in [0.717, 1.165) is 4.57 Å². The maximum absolute atomic E-state index is 12.0. The maximum atomic E-state index is 12.0. The van der Waals surface area contributed by atoms with Crippen LogP contribution in [0.3, 0.4) is 0 Å². The molecule has 0 aromatic carbocycles. The van der Waals surface area contributed by atoms with Crippen molar-refractivity contribution in [1.29, 1.82) is 0 Å². The highest BCUT2D eigenvalue weighted by molar-refractivity contribution is 9.10. The van der Waals surface area contributed by atoms with E-state index < -0.39 is 0 Å². The Labute approximate surface area is 106 Å². The fourth-order valence-corrected chi connectivity index (χ4v) is 2.17. The highest BCUT2D eigenvalue weighted by Gasteiger charge is 2.18. The fraction of sp³-hybridized carbons (Fsp3) is 0.500. The summed E-state index contributed by atoms with van der Waals surface area (Å²) in [5, 5.41) is 0. The molecule has 2 aromatic rings. The van der Waals surface area contributed by atoms with Crippen molar-refractivity contribution in [2.24, 2.45) is 14.1 Å². The molecule has 6 nitrogen and oxygen atoms in total. The molecule has 92 valence electrons. The van der Waals surface area contributed by atoms with Crippen molar-refractivity contribution in [2.45, 2.75) is 19.9 Å². The van der Waals surface area contributed by atoms with Crippen molar-refractivity contribution < 1.29 is 0 Å². The van der Waals surface area contributed by atoms with Crippen molar-refractivity contribution in [3.8, 4) is 0 Å². The van der Waals surface area contributed by atoms with E-state index in [9.17, 15) is 9.59 Å². The topological polar surface area (TPSA) is 61.8 Å². The maximum Gasteiger partial charge on any atom is 0.332 e. The minimum atomic E-state index is -0.344. The zero-order valence-electron chi connectivity index (χ0n) is 10.1. The van der Waals surface area contributed by atoms with E-state index in [1.807, 2.05) is 13.8 Å².